The SMILES string of the molecule is Cc1[c-]c([C@H]2NCC[C@H]2O)cc(F)c1.[Cr]. The van der Waals surface area contributed by atoms with Crippen LogP contribution in [0.5, 0.6) is 0 Å². The van der Waals surface area contributed by atoms with E-state index < -0.39 is 6.10 Å². The molecule has 0 unspecified atom stereocenters. The maximum absolute atomic E-state index is 13.1. The number of aliphatic hydroxyl groups excluding tert-OH is 1. The Kier molecular flexibility index (Phi) is 4.30. The quantitative estimate of drug-likeness (QED) is 0.733. The normalized spacial score (nSPS) is 25.0. The molecule has 1 aliphatic heterocycles. The van der Waals surface area contributed by atoms with Crippen molar-refractivity contribution in [3.05, 3.63) is 35.1 Å². The van der Waals surface area contributed by atoms with Crippen molar-refractivity contribution in [2.45, 2.75) is 25.5 Å². The summed E-state index contributed by atoms with van der Waals surface area (Å²) in [6.07, 6.45) is 0.293. The summed E-state index contributed by atoms with van der Waals surface area (Å²) < 4.78 is 13.1. The first-order valence-corrected chi connectivity index (χ1v) is 4.77. The summed E-state index contributed by atoms with van der Waals surface area (Å²) in [7, 11) is 0. The summed E-state index contributed by atoms with van der Waals surface area (Å²) in [4.78, 5) is 0. The van der Waals surface area contributed by atoms with Gasteiger partial charge in [-0.3, -0.25) is 0 Å². The molecule has 2 rings (SSSR count). The van der Waals surface area contributed by atoms with Gasteiger partial charge < -0.3 is 10.4 Å². The first-order chi connectivity index (χ1) is 6.66. The fourth-order valence-corrected chi connectivity index (χ4v) is 1.87. The van der Waals surface area contributed by atoms with Gasteiger partial charge in [0.25, 0.3) is 0 Å². The number of aryl methyl sites for hydroxylation is 1. The minimum absolute atomic E-state index is 0. The third-order valence-electron chi connectivity index (χ3n) is 2.51. The van der Waals surface area contributed by atoms with Gasteiger partial charge in [0.15, 0.2) is 0 Å². The Bertz CT molecular complexity index is 325. The molecule has 2 atom stereocenters. The maximum Gasteiger partial charge on any atom is 0.0726 e. The van der Waals surface area contributed by atoms with Crippen molar-refractivity contribution in [1.29, 1.82) is 0 Å². The van der Waals surface area contributed by atoms with Crippen LogP contribution in [0.1, 0.15) is 23.6 Å². The Balaban J connectivity index is 0.00000112. The number of aliphatic hydroxyl groups is 1. The van der Waals surface area contributed by atoms with Crippen molar-refractivity contribution in [3.8, 4) is 0 Å². The first-order valence-electron chi connectivity index (χ1n) is 4.77. The Morgan fingerprint density at radius 2 is 2.27 bits per heavy atom. The van der Waals surface area contributed by atoms with Crippen molar-refractivity contribution in [2.75, 3.05) is 6.54 Å². The van der Waals surface area contributed by atoms with Crippen LogP contribution in [-0.4, -0.2) is 17.8 Å². The summed E-state index contributed by atoms with van der Waals surface area (Å²) in [5.74, 6) is -0.267. The van der Waals surface area contributed by atoms with E-state index in [2.05, 4.69) is 11.4 Å². The molecule has 1 fully saturated rings. The van der Waals surface area contributed by atoms with E-state index in [0.717, 1.165) is 12.1 Å². The monoisotopic (exact) mass is 246 g/mol. The van der Waals surface area contributed by atoms with Gasteiger partial charge in [-0.25, -0.2) is 4.39 Å². The summed E-state index contributed by atoms with van der Waals surface area (Å²) >= 11 is 0. The van der Waals surface area contributed by atoms with Crippen LogP contribution >= 0.6 is 0 Å². The molecule has 1 aromatic carbocycles. The fraction of sp³-hybridized carbons (Fsp3) is 0.455. The zero-order valence-electron chi connectivity index (χ0n) is 8.46. The Morgan fingerprint density at radius 1 is 1.53 bits per heavy atom. The van der Waals surface area contributed by atoms with E-state index >= 15 is 0 Å². The van der Waals surface area contributed by atoms with Gasteiger partial charge in [-0.2, -0.15) is 11.6 Å². The molecule has 0 aliphatic carbocycles. The number of hydrogen-bond acceptors (Lipinski definition) is 2. The average Bonchev–Trinajstić information content (AvgIpc) is 2.49. The molecule has 0 saturated carbocycles. The van der Waals surface area contributed by atoms with E-state index in [0.29, 0.717) is 12.0 Å². The zero-order valence-corrected chi connectivity index (χ0v) is 9.73. The van der Waals surface area contributed by atoms with Crippen LogP contribution in [0.3, 0.4) is 0 Å². The van der Waals surface area contributed by atoms with E-state index in [4.69, 9.17) is 0 Å². The van der Waals surface area contributed by atoms with Crippen molar-refractivity contribution in [2.24, 2.45) is 0 Å². The Labute approximate surface area is 99.6 Å². The molecular formula is C11H13CrFNO-. The van der Waals surface area contributed by atoms with E-state index in [9.17, 15) is 9.50 Å². The second-order valence-electron chi connectivity index (χ2n) is 3.72. The van der Waals surface area contributed by atoms with Gasteiger partial charge in [0.1, 0.15) is 0 Å². The molecule has 15 heavy (non-hydrogen) atoms. The summed E-state index contributed by atoms with van der Waals surface area (Å²) in [5, 5.41) is 12.7. The van der Waals surface area contributed by atoms with Crippen molar-refractivity contribution < 1.29 is 26.9 Å². The van der Waals surface area contributed by atoms with Gasteiger partial charge in [-0.1, -0.05) is 6.92 Å². The maximum atomic E-state index is 13.1. The molecule has 0 spiro atoms. The molecule has 1 aliphatic rings. The number of rotatable bonds is 1. The van der Waals surface area contributed by atoms with Gasteiger partial charge in [-0.05, 0) is 13.0 Å². The molecule has 2 nitrogen and oxygen atoms in total. The van der Waals surface area contributed by atoms with Crippen LogP contribution in [-0.2, 0) is 17.4 Å². The van der Waals surface area contributed by atoms with Crippen molar-refractivity contribution in [3.63, 3.8) is 0 Å². The first kappa shape index (κ1) is 12.7. The van der Waals surface area contributed by atoms with Crippen molar-refractivity contribution >= 4 is 0 Å². The second kappa shape index (κ2) is 5.09. The summed E-state index contributed by atoms with van der Waals surface area (Å²) in [6.45, 7) is 2.57. The molecule has 82 valence electrons. The molecule has 1 saturated heterocycles. The van der Waals surface area contributed by atoms with Crippen LogP contribution in [0.2, 0.25) is 0 Å². The summed E-state index contributed by atoms with van der Waals surface area (Å²) in [6, 6.07) is 5.76. The van der Waals surface area contributed by atoms with Gasteiger partial charge in [0.05, 0.1) is 6.10 Å². The van der Waals surface area contributed by atoms with Crippen LogP contribution in [0.15, 0.2) is 12.1 Å². The smallest absolute Gasteiger partial charge is 0.0726 e. The minimum atomic E-state index is -0.424. The van der Waals surface area contributed by atoms with Gasteiger partial charge in [-0.15, -0.1) is 17.7 Å². The zero-order chi connectivity index (χ0) is 10.1. The topological polar surface area (TPSA) is 32.3 Å². The molecule has 0 aromatic heterocycles. The van der Waals surface area contributed by atoms with Crippen LogP contribution in [0.25, 0.3) is 0 Å². The molecule has 1 heterocycles. The molecule has 0 bridgehead atoms. The predicted molar refractivity (Wildman–Crippen MR) is 51.3 cm³/mol. The molecule has 4 heteroatoms. The molecule has 2 N–H and O–H groups in total. The summed E-state index contributed by atoms with van der Waals surface area (Å²) in [5.41, 5.74) is 1.48. The predicted octanol–water partition coefficient (Wildman–Crippen LogP) is 1.33. The largest absolute Gasteiger partial charge is 0.391 e. The van der Waals surface area contributed by atoms with E-state index in [1.807, 2.05) is 0 Å². The number of nitrogens with one attached hydrogen (secondary N) is 1. The minimum Gasteiger partial charge on any atom is -0.391 e. The van der Waals surface area contributed by atoms with Gasteiger partial charge in [0, 0.05) is 29.2 Å². The van der Waals surface area contributed by atoms with Crippen LogP contribution in [0.4, 0.5) is 4.39 Å². The number of hydrogen-bond donors (Lipinski definition) is 2. The third kappa shape index (κ3) is 2.79. The molecular weight excluding hydrogens is 233 g/mol. The van der Waals surface area contributed by atoms with E-state index in [1.165, 1.54) is 12.1 Å². The van der Waals surface area contributed by atoms with Gasteiger partial charge in [0.2, 0.25) is 0 Å². The number of halogens is 1. The molecule has 1 aromatic rings. The standard InChI is InChI=1S/C11H13FNO.Cr/c1-7-4-8(6-9(12)5-7)11-10(14)2-3-13-11;/h5-6,10-11,13-14H,2-3H2,1H3;/q-1;/t10-,11-;/m1./s1. The molecule has 0 radical (unpaired) electrons. The second-order valence-corrected chi connectivity index (χ2v) is 3.72. The Hall–Kier alpha value is -0.398. The fourth-order valence-electron chi connectivity index (χ4n) is 1.87. The number of benzene rings is 1. The van der Waals surface area contributed by atoms with Gasteiger partial charge >= 0.3 is 0 Å². The third-order valence-corrected chi connectivity index (χ3v) is 2.51. The average molecular weight is 246 g/mol. The van der Waals surface area contributed by atoms with E-state index in [-0.39, 0.29) is 29.2 Å². The van der Waals surface area contributed by atoms with Crippen molar-refractivity contribution in [1.82, 2.24) is 5.32 Å². The Morgan fingerprint density at radius 3 is 2.80 bits per heavy atom. The van der Waals surface area contributed by atoms with E-state index in [1.54, 1.807) is 6.92 Å². The van der Waals surface area contributed by atoms with Crippen LogP contribution < -0.4 is 5.32 Å². The molecule has 0 amide bonds. The van der Waals surface area contributed by atoms with Crippen LogP contribution in [0, 0.1) is 18.8 Å².